The van der Waals surface area contributed by atoms with Gasteiger partial charge in [0.15, 0.2) is 0 Å². The Morgan fingerprint density at radius 2 is 1.90 bits per heavy atom. The number of nitrogens with one attached hydrogen (secondary N) is 1. The van der Waals surface area contributed by atoms with Crippen molar-refractivity contribution in [1.82, 2.24) is 4.31 Å². The van der Waals surface area contributed by atoms with Crippen LogP contribution in [0.25, 0.3) is 0 Å². The summed E-state index contributed by atoms with van der Waals surface area (Å²) in [4.78, 5) is 12.1. The van der Waals surface area contributed by atoms with Crippen LogP contribution in [-0.4, -0.2) is 44.9 Å². The molecule has 30 heavy (non-hydrogen) atoms. The predicted molar refractivity (Wildman–Crippen MR) is 114 cm³/mol. The van der Waals surface area contributed by atoms with E-state index in [-0.39, 0.29) is 37.9 Å². The summed E-state index contributed by atoms with van der Waals surface area (Å²) in [6.45, 7) is 2.52. The lowest BCUT2D eigenvalue weighted by molar-refractivity contribution is -0.119. The van der Waals surface area contributed by atoms with Gasteiger partial charge >= 0.3 is 0 Å². The third kappa shape index (κ3) is 5.31. The quantitative estimate of drug-likeness (QED) is 0.686. The molecule has 0 aliphatic carbocycles. The number of benzene rings is 2. The van der Waals surface area contributed by atoms with E-state index in [4.69, 9.17) is 27.9 Å². The Hall–Kier alpha value is -1.71. The Balaban J connectivity index is 1.75. The molecule has 1 amide bonds. The van der Waals surface area contributed by atoms with Crippen molar-refractivity contribution in [2.45, 2.75) is 18.2 Å². The molecule has 1 atom stereocenters. The van der Waals surface area contributed by atoms with E-state index < -0.39 is 26.7 Å². The zero-order valence-electron chi connectivity index (χ0n) is 16.2. The van der Waals surface area contributed by atoms with E-state index in [0.717, 1.165) is 17.7 Å². The van der Waals surface area contributed by atoms with Crippen LogP contribution in [0.3, 0.4) is 0 Å². The minimum absolute atomic E-state index is 0.150. The van der Waals surface area contributed by atoms with Crippen LogP contribution in [0, 0.1) is 11.7 Å². The fourth-order valence-corrected chi connectivity index (χ4v) is 5.06. The molecule has 2 aromatic carbocycles. The van der Waals surface area contributed by atoms with Gasteiger partial charge in [0.2, 0.25) is 15.9 Å². The summed E-state index contributed by atoms with van der Waals surface area (Å²) in [5.74, 6) is -1.68. The van der Waals surface area contributed by atoms with E-state index in [1.165, 1.54) is 10.4 Å². The number of hydrogen-bond acceptors (Lipinski definition) is 4. The van der Waals surface area contributed by atoms with Gasteiger partial charge in [-0.25, -0.2) is 12.8 Å². The summed E-state index contributed by atoms with van der Waals surface area (Å²) < 4.78 is 46.2. The largest absolute Gasteiger partial charge is 0.379 e. The molecule has 0 aromatic heterocycles. The van der Waals surface area contributed by atoms with E-state index in [1.807, 2.05) is 0 Å². The van der Waals surface area contributed by atoms with Crippen molar-refractivity contribution in [1.29, 1.82) is 0 Å². The van der Waals surface area contributed by atoms with Gasteiger partial charge in [-0.2, -0.15) is 4.31 Å². The van der Waals surface area contributed by atoms with E-state index in [9.17, 15) is 17.6 Å². The second-order valence-corrected chi connectivity index (χ2v) is 9.74. The van der Waals surface area contributed by atoms with Gasteiger partial charge < -0.3 is 10.1 Å². The third-order valence-corrected chi connectivity index (χ3v) is 7.28. The number of amides is 1. The molecule has 1 saturated heterocycles. The summed E-state index contributed by atoms with van der Waals surface area (Å²) in [6.07, 6.45) is 0.363. The van der Waals surface area contributed by atoms with Gasteiger partial charge in [-0.05, 0) is 42.3 Å². The summed E-state index contributed by atoms with van der Waals surface area (Å²) in [7, 11) is -4.03. The van der Waals surface area contributed by atoms with Crippen molar-refractivity contribution in [2.75, 3.05) is 31.6 Å². The first-order valence-electron chi connectivity index (χ1n) is 9.30. The maximum absolute atomic E-state index is 14.3. The molecule has 1 aliphatic heterocycles. The lowest BCUT2D eigenvalue weighted by Crippen LogP contribution is -2.40. The van der Waals surface area contributed by atoms with E-state index >= 15 is 0 Å². The van der Waals surface area contributed by atoms with Gasteiger partial charge in [0.05, 0.1) is 13.2 Å². The van der Waals surface area contributed by atoms with Crippen LogP contribution in [0.15, 0.2) is 41.3 Å². The topological polar surface area (TPSA) is 75.7 Å². The van der Waals surface area contributed by atoms with Gasteiger partial charge in [-0.1, -0.05) is 36.2 Å². The highest BCUT2D eigenvalue weighted by Gasteiger charge is 2.29. The van der Waals surface area contributed by atoms with Crippen molar-refractivity contribution in [3.63, 3.8) is 0 Å². The van der Waals surface area contributed by atoms with Crippen LogP contribution >= 0.6 is 23.2 Å². The third-order valence-electron chi connectivity index (χ3n) is 4.78. The first-order valence-corrected chi connectivity index (χ1v) is 11.5. The molecular formula is C20H21Cl2FN2O4S. The van der Waals surface area contributed by atoms with Crippen molar-refractivity contribution >= 4 is 44.8 Å². The fourth-order valence-electron chi connectivity index (χ4n) is 3.08. The molecule has 1 heterocycles. The van der Waals surface area contributed by atoms with Gasteiger partial charge in [0.1, 0.15) is 10.7 Å². The van der Waals surface area contributed by atoms with Gasteiger partial charge in [0.25, 0.3) is 0 Å². The maximum Gasteiger partial charge on any atom is 0.246 e. The number of carbonyl (C=O) groups is 1. The standard InChI is InChI=1S/C20H21Cl2FN2O4S/c1-13(10-14-2-3-15(21)11-17(14)22)20(26)24-16-4-5-18(23)19(12-16)30(27,28)25-6-8-29-9-7-25/h2-5,11-13H,6-10H2,1H3,(H,24,26). The van der Waals surface area contributed by atoms with Crippen LogP contribution in [0.4, 0.5) is 10.1 Å². The number of anilines is 1. The van der Waals surface area contributed by atoms with Crippen LogP contribution in [0.5, 0.6) is 0 Å². The van der Waals surface area contributed by atoms with Crippen LogP contribution in [-0.2, 0) is 26.0 Å². The molecule has 0 bridgehead atoms. The number of sulfonamides is 1. The van der Waals surface area contributed by atoms with Crippen molar-refractivity contribution < 1.29 is 22.3 Å². The zero-order valence-corrected chi connectivity index (χ0v) is 18.5. The SMILES string of the molecule is CC(Cc1ccc(Cl)cc1Cl)C(=O)Nc1ccc(F)c(S(=O)(=O)N2CCOCC2)c1. The molecule has 2 aromatic rings. The molecule has 0 spiro atoms. The van der Waals surface area contributed by atoms with E-state index in [2.05, 4.69) is 5.32 Å². The number of hydrogen-bond donors (Lipinski definition) is 1. The van der Waals surface area contributed by atoms with Crippen LogP contribution in [0.1, 0.15) is 12.5 Å². The zero-order chi connectivity index (χ0) is 21.9. The summed E-state index contributed by atoms with van der Waals surface area (Å²) in [5.41, 5.74) is 0.959. The summed E-state index contributed by atoms with van der Waals surface area (Å²) in [6, 6.07) is 8.54. The number of rotatable bonds is 6. The molecule has 0 saturated carbocycles. The first-order chi connectivity index (χ1) is 14.2. The second kappa shape index (κ2) is 9.62. The Labute approximate surface area is 185 Å². The van der Waals surface area contributed by atoms with Crippen molar-refractivity contribution in [2.24, 2.45) is 5.92 Å². The van der Waals surface area contributed by atoms with Crippen molar-refractivity contribution in [3.05, 3.63) is 57.8 Å². The number of halogens is 3. The molecule has 6 nitrogen and oxygen atoms in total. The van der Waals surface area contributed by atoms with Crippen LogP contribution in [0.2, 0.25) is 10.0 Å². The average Bonchev–Trinajstić information content (AvgIpc) is 2.72. The fraction of sp³-hybridized carbons (Fsp3) is 0.350. The number of ether oxygens (including phenoxy) is 1. The lowest BCUT2D eigenvalue weighted by Gasteiger charge is -2.26. The minimum Gasteiger partial charge on any atom is -0.379 e. The molecule has 162 valence electrons. The highest BCUT2D eigenvalue weighted by Crippen LogP contribution is 2.26. The molecule has 1 aliphatic rings. The van der Waals surface area contributed by atoms with Crippen LogP contribution < -0.4 is 5.32 Å². The smallest absolute Gasteiger partial charge is 0.246 e. The van der Waals surface area contributed by atoms with Gasteiger partial charge in [0, 0.05) is 34.7 Å². The molecule has 1 unspecified atom stereocenters. The molecule has 10 heteroatoms. The van der Waals surface area contributed by atoms with Crippen molar-refractivity contribution in [3.8, 4) is 0 Å². The highest BCUT2D eigenvalue weighted by molar-refractivity contribution is 7.89. The normalized spacial score (nSPS) is 16.3. The molecule has 3 rings (SSSR count). The molecule has 0 radical (unpaired) electrons. The lowest BCUT2D eigenvalue weighted by atomic mass is 10.00. The van der Waals surface area contributed by atoms with E-state index in [0.29, 0.717) is 16.5 Å². The monoisotopic (exact) mass is 474 g/mol. The summed E-state index contributed by atoms with van der Waals surface area (Å²) in [5, 5.41) is 3.62. The number of nitrogens with zero attached hydrogens (tertiary/aromatic N) is 1. The highest BCUT2D eigenvalue weighted by atomic mass is 35.5. The Kier molecular flexibility index (Phi) is 7.36. The van der Waals surface area contributed by atoms with E-state index in [1.54, 1.807) is 25.1 Å². The molecule has 1 fully saturated rings. The summed E-state index contributed by atoms with van der Waals surface area (Å²) >= 11 is 12.1. The first kappa shape index (κ1) is 23.0. The molecule has 1 N–H and O–H groups in total. The Morgan fingerprint density at radius 1 is 1.20 bits per heavy atom. The Morgan fingerprint density at radius 3 is 2.57 bits per heavy atom. The molecular weight excluding hydrogens is 454 g/mol. The number of morpholine rings is 1. The minimum atomic E-state index is -4.03. The Bertz CT molecular complexity index is 1040. The van der Waals surface area contributed by atoms with Gasteiger partial charge in [-0.15, -0.1) is 0 Å². The second-order valence-electron chi connectivity index (χ2n) is 6.99. The number of carbonyl (C=O) groups excluding carboxylic acids is 1. The predicted octanol–water partition coefficient (Wildman–Crippen LogP) is 3.97. The average molecular weight is 475 g/mol. The van der Waals surface area contributed by atoms with Gasteiger partial charge in [-0.3, -0.25) is 4.79 Å². The maximum atomic E-state index is 14.3.